The average molecular weight is 212 g/mol. The van der Waals surface area contributed by atoms with Crippen molar-refractivity contribution in [3.8, 4) is 0 Å². The maximum absolute atomic E-state index is 12.1. The second kappa shape index (κ2) is 6.11. The van der Waals surface area contributed by atoms with E-state index in [2.05, 4.69) is 13.8 Å². The highest BCUT2D eigenvalue weighted by molar-refractivity contribution is 5.79. The van der Waals surface area contributed by atoms with Gasteiger partial charge in [-0.1, -0.05) is 20.3 Å². The predicted octanol–water partition coefficient (Wildman–Crippen LogP) is 1.76. The predicted molar refractivity (Wildman–Crippen MR) is 62.5 cm³/mol. The molecule has 0 bridgehead atoms. The van der Waals surface area contributed by atoms with E-state index >= 15 is 0 Å². The van der Waals surface area contributed by atoms with Crippen LogP contribution in [-0.2, 0) is 4.79 Å². The van der Waals surface area contributed by atoms with E-state index in [1.807, 2.05) is 4.90 Å². The Morgan fingerprint density at radius 2 is 2.00 bits per heavy atom. The number of amides is 1. The molecule has 0 aromatic carbocycles. The molecule has 3 nitrogen and oxygen atoms in total. The quantitative estimate of drug-likeness (QED) is 0.729. The van der Waals surface area contributed by atoms with Crippen LogP contribution in [0.1, 0.15) is 46.0 Å². The van der Waals surface area contributed by atoms with Gasteiger partial charge in [-0.05, 0) is 25.7 Å². The average Bonchev–Trinajstić information content (AvgIpc) is 2.15. The van der Waals surface area contributed by atoms with Gasteiger partial charge >= 0.3 is 0 Å². The monoisotopic (exact) mass is 212 g/mol. The highest BCUT2D eigenvalue weighted by atomic mass is 16.2. The molecule has 0 aromatic heterocycles. The lowest BCUT2D eigenvalue weighted by Crippen LogP contribution is -2.47. The summed E-state index contributed by atoms with van der Waals surface area (Å²) >= 11 is 0. The fourth-order valence-electron chi connectivity index (χ4n) is 2.23. The Morgan fingerprint density at radius 3 is 2.33 bits per heavy atom. The van der Waals surface area contributed by atoms with Gasteiger partial charge in [0.1, 0.15) is 0 Å². The van der Waals surface area contributed by atoms with Gasteiger partial charge in [-0.15, -0.1) is 0 Å². The van der Waals surface area contributed by atoms with E-state index in [9.17, 15) is 4.79 Å². The van der Waals surface area contributed by atoms with Gasteiger partial charge in [-0.2, -0.15) is 0 Å². The summed E-state index contributed by atoms with van der Waals surface area (Å²) in [5, 5.41) is 0. The van der Waals surface area contributed by atoms with Crippen molar-refractivity contribution in [2.24, 2.45) is 11.7 Å². The van der Waals surface area contributed by atoms with Crippen LogP contribution in [0.25, 0.3) is 0 Å². The number of carbonyl (C=O) groups excluding carboxylic acids is 1. The van der Waals surface area contributed by atoms with Crippen molar-refractivity contribution in [3.05, 3.63) is 0 Å². The zero-order valence-electron chi connectivity index (χ0n) is 10.0. The van der Waals surface area contributed by atoms with Crippen LogP contribution in [0, 0.1) is 5.92 Å². The van der Waals surface area contributed by atoms with Gasteiger partial charge in [0, 0.05) is 25.0 Å². The molecule has 0 heterocycles. The molecule has 2 N–H and O–H groups in total. The molecule has 15 heavy (non-hydrogen) atoms. The zero-order chi connectivity index (χ0) is 11.3. The van der Waals surface area contributed by atoms with Crippen LogP contribution >= 0.6 is 0 Å². The first-order chi connectivity index (χ1) is 7.24. The Hall–Kier alpha value is -0.570. The molecule has 0 saturated heterocycles. The molecular formula is C12H24N2O. The topological polar surface area (TPSA) is 46.3 Å². The van der Waals surface area contributed by atoms with E-state index in [0.717, 1.165) is 32.2 Å². The van der Waals surface area contributed by atoms with Crippen molar-refractivity contribution < 1.29 is 4.79 Å². The van der Waals surface area contributed by atoms with E-state index in [0.29, 0.717) is 24.4 Å². The molecule has 88 valence electrons. The molecule has 3 heteroatoms. The van der Waals surface area contributed by atoms with Gasteiger partial charge in [0.05, 0.1) is 0 Å². The van der Waals surface area contributed by atoms with Gasteiger partial charge in [0.15, 0.2) is 0 Å². The fourth-order valence-corrected chi connectivity index (χ4v) is 2.23. The lowest BCUT2D eigenvalue weighted by atomic mass is 9.84. The summed E-state index contributed by atoms with van der Waals surface area (Å²) < 4.78 is 0. The van der Waals surface area contributed by atoms with E-state index in [4.69, 9.17) is 5.73 Å². The molecule has 1 rings (SSSR count). The third-order valence-corrected chi connectivity index (χ3v) is 3.49. The number of hydrogen-bond acceptors (Lipinski definition) is 2. The third-order valence-electron chi connectivity index (χ3n) is 3.49. The second-order valence-electron chi connectivity index (χ2n) is 4.42. The first-order valence-electron chi connectivity index (χ1n) is 6.25. The molecule has 1 aliphatic carbocycles. The second-order valence-corrected chi connectivity index (χ2v) is 4.42. The van der Waals surface area contributed by atoms with Crippen molar-refractivity contribution in [2.45, 2.75) is 52.0 Å². The maximum atomic E-state index is 12.1. The minimum absolute atomic E-state index is 0.303. The Kier molecular flexibility index (Phi) is 5.09. The SMILES string of the molecule is CCC(CC)N(CCN)C(=O)C1CCC1. The highest BCUT2D eigenvalue weighted by Gasteiger charge is 2.31. The van der Waals surface area contributed by atoms with Crippen molar-refractivity contribution in [3.63, 3.8) is 0 Å². The summed E-state index contributed by atoms with van der Waals surface area (Å²) in [5.41, 5.74) is 5.58. The van der Waals surface area contributed by atoms with Gasteiger partial charge in [-0.25, -0.2) is 0 Å². The summed E-state index contributed by atoms with van der Waals surface area (Å²) in [6.07, 6.45) is 5.46. The summed E-state index contributed by atoms with van der Waals surface area (Å²) in [4.78, 5) is 14.2. The summed E-state index contributed by atoms with van der Waals surface area (Å²) in [5.74, 6) is 0.651. The first kappa shape index (κ1) is 12.5. The summed E-state index contributed by atoms with van der Waals surface area (Å²) in [6, 6.07) is 0.390. The lowest BCUT2D eigenvalue weighted by Gasteiger charge is -2.36. The number of rotatable bonds is 6. The zero-order valence-corrected chi connectivity index (χ0v) is 10.0. The van der Waals surface area contributed by atoms with Crippen molar-refractivity contribution in [1.82, 2.24) is 4.90 Å². The molecule has 1 saturated carbocycles. The normalized spacial score (nSPS) is 16.5. The number of hydrogen-bond donors (Lipinski definition) is 1. The number of nitrogens with zero attached hydrogens (tertiary/aromatic N) is 1. The van der Waals surface area contributed by atoms with Crippen LogP contribution in [0.2, 0.25) is 0 Å². The third kappa shape index (κ3) is 2.94. The molecule has 1 fully saturated rings. The minimum atomic E-state index is 0.303. The number of nitrogens with two attached hydrogens (primary N) is 1. The standard InChI is InChI=1S/C12H24N2O/c1-3-11(4-2)14(9-8-13)12(15)10-6-5-7-10/h10-11H,3-9,13H2,1-2H3. The Bertz CT molecular complexity index is 198. The molecule has 1 aliphatic rings. The first-order valence-corrected chi connectivity index (χ1v) is 6.25. The fraction of sp³-hybridized carbons (Fsp3) is 0.917. The van der Waals surface area contributed by atoms with Crippen molar-refractivity contribution in [2.75, 3.05) is 13.1 Å². The Morgan fingerprint density at radius 1 is 1.40 bits per heavy atom. The van der Waals surface area contributed by atoms with Crippen molar-refractivity contribution in [1.29, 1.82) is 0 Å². The minimum Gasteiger partial charge on any atom is -0.338 e. The largest absolute Gasteiger partial charge is 0.338 e. The highest BCUT2D eigenvalue weighted by Crippen LogP contribution is 2.29. The van der Waals surface area contributed by atoms with Crippen LogP contribution in [-0.4, -0.2) is 29.9 Å². The molecule has 0 aromatic rings. The lowest BCUT2D eigenvalue weighted by molar-refractivity contribution is -0.140. The number of carbonyl (C=O) groups is 1. The molecule has 0 aliphatic heterocycles. The Balaban J connectivity index is 2.57. The summed E-state index contributed by atoms with van der Waals surface area (Å²) in [6.45, 7) is 5.59. The van der Waals surface area contributed by atoms with Crippen LogP contribution in [0.3, 0.4) is 0 Å². The van der Waals surface area contributed by atoms with Gasteiger partial charge in [0.25, 0.3) is 0 Å². The molecular weight excluding hydrogens is 188 g/mol. The van der Waals surface area contributed by atoms with Crippen LogP contribution in [0.15, 0.2) is 0 Å². The van der Waals surface area contributed by atoms with E-state index < -0.39 is 0 Å². The van der Waals surface area contributed by atoms with E-state index in [1.54, 1.807) is 0 Å². The van der Waals surface area contributed by atoms with Gasteiger partial charge in [-0.3, -0.25) is 4.79 Å². The van der Waals surface area contributed by atoms with E-state index in [1.165, 1.54) is 6.42 Å². The molecule has 0 atom stereocenters. The van der Waals surface area contributed by atoms with Crippen LogP contribution < -0.4 is 5.73 Å². The summed E-state index contributed by atoms with van der Waals surface area (Å²) in [7, 11) is 0. The molecule has 1 amide bonds. The van der Waals surface area contributed by atoms with Crippen LogP contribution in [0.4, 0.5) is 0 Å². The Labute approximate surface area is 93.0 Å². The molecule has 0 spiro atoms. The smallest absolute Gasteiger partial charge is 0.225 e. The molecule has 0 radical (unpaired) electrons. The van der Waals surface area contributed by atoms with Gasteiger partial charge in [0.2, 0.25) is 5.91 Å². The maximum Gasteiger partial charge on any atom is 0.225 e. The van der Waals surface area contributed by atoms with Crippen molar-refractivity contribution >= 4 is 5.91 Å². The molecule has 0 unspecified atom stereocenters. The van der Waals surface area contributed by atoms with Crippen LogP contribution in [0.5, 0.6) is 0 Å². The van der Waals surface area contributed by atoms with Gasteiger partial charge < -0.3 is 10.6 Å². The van der Waals surface area contributed by atoms with E-state index in [-0.39, 0.29) is 0 Å².